The normalized spacial score (nSPS) is 9.00. The van der Waals surface area contributed by atoms with Crippen LogP contribution in [0.3, 0.4) is 0 Å². The van der Waals surface area contributed by atoms with Crippen molar-refractivity contribution >= 4 is 13.1 Å². The number of rotatable bonds is 5. The molecule has 1 radical (unpaired) electrons. The lowest BCUT2D eigenvalue weighted by Crippen LogP contribution is -2.22. The highest BCUT2D eigenvalue weighted by atomic mass is 16.1. The summed E-state index contributed by atoms with van der Waals surface area (Å²) in [5, 5.41) is 2.55. The Labute approximate surface area is 63.6 Å². The number of hydrogen-bond acceptors (Lipinski definition) is 1. The molecule has 0 aromatic rings. The number of amides is 1. The molecule has 0 spiro atoms. The zero-order chi connectivity index (χ0) is 7.82. The molecule has 0 aromatic heterocycles. The molecule has 57 valence electrons. The Morgan fingerprint density at radius 2 is 2.20 bits per heavy atom. The van der Waals surface area contributed by atoms with Gasteiger partial charge in [0.05, 0.1) is 0 Å². The van der Waals surface area contributed by atoms with E-state index in [4.69, 9.17) is 0 Å². The maximum Gasteiger partial charge on any atom is 0.232 e. The number of nitrogens with one attached hydrogen (secondary N) is 1. The molecule has 0 heterocycles. The number of unbranched alkanes of at least 4 members (excludes halogenated alkanes) is 2. The molecule has 0 saturated carbocycles. The summed E-state index contributed by atoms with van der Waals surface area (Å²) in [6, 6.07) is 0. The van der Waals surface area contributed by atoms with Crippen molar-refractivity contribution in [3.8, 4) is 0 Å². The Balaban J connectivity index is 2.96. The van der Waals surface area contributed by atoms with Crippen LogP contribution in [-0.4, -0.2) is 20.1 Å². The quantitative estimate of drug-likeness (QED) is 0.456. The second-order valence-electron chi connectivity index (χ2n) is 2.31. The third-order valence-corrected chi connectivity index (χ3v) is 1.38. The predicted octanol–water partition coefficient (Wildman–Crippen LogP) is 1.64. The van der Waals surface area contributed by atoms with Crippen molar-refractivity contribution in [3.05, 3.63) is 0 Å². The molecule has 0 aliphatic carbocycles. The minimum Gasteiger partial charge on any atom is -0.368 e. The molecule has 2 nitrogen and oxygen atoms in total. The lowest BCUT2D eigenvalue weighted by molar-refractivity contribution is 0.260. The van der Waals surface area contributed by atoms with Crippen molar-refractivity contribution in [2.24, 2.45) is 0 Å². The Hall–Kier alpha value is -0.465. The highest BCUT2D eigenvalue weighted by molar-refractivity contribution is 6.73. The van der Waals surface area contributed by atoms with E-state index in [1.165, 1.54) is 12.8 Å². The van der Waals surface area contributed by atoms with Gasteiger partial charge in [0.1, 0.15) is 0 Å². The molecule has 0 fully saturated rings. The van der Waals surface area contributed by atoms with Gasteiger partial charge in [0.25, 0.3) is 0 Å². The van der Waals surface area contributed by atoms with Gasteiger partial charge in [0.2, 0.25) is 7.28 Å². The van der Waals surface area contributed by atoms with Gasteiger partial charge in [-0.05, 0) is 0 Å². The molecular formula is C7H15BNO. The van der Waals surface area contributed by atoms with Crippen LogP contribution < -0.4 is 5.32 Å². The largest absolute Gasteiger partial charge is 0.368 e. The monoisotopic (exact) mass is 140 g/mol. The number of carbonyl (C=O) groups is 1. The van der Waals surface area contributed by atoms with E-state index in [-0.39, 0.29) is 5.81 Å². The van der Waals surface area contributed by atoms with Gasteiger partial charge in [-0.3, -0.25) is 4.79 Å². The first-order chi connectivity index (χ1) is 4.81. The fraction of sp³-hybridized carbons (Fsp3) is 0.857. The smallest absolute Gasteiger partial charge is 0.232 e. The van der Waals surface area contributed by atoms with Crippen molar-refractivity contribution in [2.45, 2.75) is 32.5 Å². The van der Waals surface area contributed by atoms with Crippen LogP contribution in [0.1, 0.15) is 26.2 Å². The Bertz CT molecular complexity index is 95.6. The van der Waals surface area contributed by atoms with E-state index < -0.39 is 0 Å². The highest BCUT2D eigenvalue weighted by Gasteiger charge is 1.98. The molecule has 0 bridgehead atoms. The van der Waals surface area contributed by atoms with Gasteiger partial charge in [-0.25, -0.2) is 0 Å². The van der Waals surface area contributed by atoms with E-state index in [0.717, 1.165) is 12.7 Å². The molecule has 10 heavy (non-hydrogen) atoms. The van der Waals surface area contributed by atoms with Crippen LogP contribution in [-0.2, 0) is 0 Å². The van der Waals surface area contributed by atoms with Gasteiger partial charge in [-0.1, -0.05) is 32.5 Å². The third-order valence-electron chi connectivity index (χ3n) is 1.38. The van der Waals surface area contributed by atoms with Crippen LogP contribution >= 0.6 is 0 Å². The van der Waals surface area contributed by atoms with Gasteiger partial charge in [0.15, 0.2) is 5.81 Å². The predicted molar refractivity (Wildman–Crippen MR) is 44.5 cm³/mol. The number of carbonyl (C=O) groups excluding carboxylic acids is 1. The van der Waals surface area contributed by atoms with E-state index in [0.29, 0.717) is 0 Å². The van der Waals surface area contributed by atoms with Crippen molar-refractivity contribution in [2.75, 3.05) is 7.05 Å². The molecule has 0 atom stereocenters. The molecule has 0 rings (SSSR count). The Morgan fingerprint density at radius 1 is 1.50 bits per heavy atom. The summed E-state index contributed by atoms with van der Waals surface area (Å²) >= 11 is 0. The summed E-state index contributed by atoms with van der Waals surface area (Å²) in [7, 11) is 3.36. The van der Waals surface area contributed by atoms with Crippen LogP contribution in [0.5, 0.6) is 0 Å². The summed E-state index contributed by atoms with van der Waals surface area (Å²) in [6.45, 7) is 2.15. The minimum atomic E-state index is 0.0381. The second kappa shape index (κ2) is 6.65. The fourth-order valence-electron chi connectivity index (χ4n) is 0.730. The van der Waals surface area contributed by atoms with E-state index in [9.17, 15) is 4.79 Å². The van der Waals surface area contributed by atoms with Gasteiger partial charge in [-0.2, -0.15) is 0 Å². The first kappa shape index (κ1) is 9.53. The van der Waals surface area contributed by atoms with E-state index >= 15 is 0 Å². The maximum absolute atomic E-state index is 10.6. The molecule has 1 N–H and O–H groups in total. The van der Waals surface area contributed by atoms with Crippen molar-refractivity contribution in [3.63, 3.8) is 0 Å². The summed E-state index contributed by atoms with van der Waals surface area (Å²) in [5.74, 6) is 0.0381. The van der Waals surface area contributed by atoms with Crippen molar-refractivity contribution < 1.29 is 4.79 Å². The van der Waals surface area contributed by atoms with Crippen LogP contribution in [0.25, 0.3) is 0 Å². The molecule has 0 aliphatic heterocycles. The first-order valence-electron chi connectivity index (χ1n) is 3.86. The lowest BCUT2D eigenvalue weighted by atomic mass is 9.72. The van der Waals surface area contributed by atoms with Crippen molar-refractivity contribution in [1.82, 2.24) is 5.32 Å². The van der Waals surface area contributed by atoms with Crippen LogP contribution in [0.4, 0.5) is 4.79 Å². The minimum absolute atomic E-state index is 0.0381. The summed E-state index contributed by atoms with van der Waals surface area (Å²) in [5.41, 5.74) is 0. The molecule has 0 unspecified atom stereocenters. The number of hydrogen-bond donors (Lipinski definition) is 1. The van der Waals surface area contributed by atoms with E-state index in [2.05, 4.69) is 12.2 Å². The zero-order valence-electron chi connectivity index (χ0n) is 6.81. The topological polar surface area (TPSA) is 29.1 Å². The van der Waals surface area contributed by atoms with E-state index in [1.54, 1.807) is 14.3 Å². The van der Waals surface area contributed by atoms with E-state index in [1.807, 2.05) is 0 Å². The van der Waals surface area contributed by atoms with Crippen molar-refractivity contribution in [1.29, 1.82) is 0 Å². The summed E-state index contributed by atoms with van der Waals surface area (Å²) in [4.78, 5) is 10.6. The Morgan fingerprint density at radius 3 is 2.70 bits per heavy atom. The summed E-state index contributed by atoms with van der Waals surface area (Å²) in [6.07, 6.45) is 4.46. The van der Waals surface area contributed by atoms with Gasteiger partial charge < -0.3 is 5.32 Å². The molecule has 0 aliphatic rings. The average molecular weight is 140 g/mol. The SMILES string of the molecule is CCCCC[B]C(=O)NC. The zero-order valence-corrected chi connectivity index (χ0v) is 6.81. The third kappa shape index (κ3) is 5.67. The second-order valence-corrected chi connectivity index (χ2v) is 2.31. The lowest BCUT2D eigenvalue weighted by Gasteiger charge is -1.96. The first-order valence-corrected chi connectivity index (χ1v) is 3.86. The average Bonchev–Trinajstić information content (AvgIpc) is 1.98. The maximum atomic E-state index is 10.6. The highest BCUT2D eigenvalue weighted by Crippen LogP contribution is 1.97. The van der Waals surface area contributed by atoms with Crippen LogP contribution in [0.15, 0.2) is 0 Å². The van der Waals surface area contributed by atoms with Crippen LogP contribution in [0, 0.1) is 0 Å². The van der Waals surface area contributed by atoms with Gasteiger partial charge in [-0.15, -0.1) is 0 Å². The molecular weight excluding hydrogens is 125 g/mol. The molecule has 0 aromatic carbocycles. The van der Waals surface area contributed by atoms with Gasteiger partial charge >= 0.3 is 0 Å². The molecule has 0 saturated heterocycles. The fourth-order valence-corrected chi connectivity index (χ4v) is 0.730. The van der Waals surface area contributed by atoms with Gasteiger partial charge in [0, 0.05) is 7.05 Å². The van der Waals surface area contributed by atoms with Crippen LogP contribution in [0.2, 0.25) is 6.32 Å². The molecule has 1 amide bonds. The Kier molecular flexibility index (Phi) is 6.34. The summed E-state index contributed by atoms with van der Waals surface area (Å²) < 4.78 is 0. The molecule has 3 heteroatoms. The standard InChI is InChI=1S/C7H15BNO/c1-3-4-5-6-8-7(10)9-2/h3-6H2,1-2H3,(H,9,10).